The molecule has 0 aromatic heterocycles. The molecule has 1 atom stereocenters. The summed E-state index contributed by atoms with van der Waals surface area (Å²) in [7, 11) is -0.417. The van der Waals surface area contributed by atoms with Gasteiger partial charge in [0.15, 0.2) is 0 Å². The van der Waals surface area contributed by atoms with Crippen LogP contribution in [0.2, 0.25) is 0 Å². The highest BCUT2D eigenvalue weighted by Gasteiger charge is 2.46. The van der Waals surface area contributed by atoms with Gasteiger partial charge in [-0.15, -0.1) is 0 Å². The minimum atomic E-state index is -2.38. The summed E-state index contributed by atoms with van der Waals surface area (Å²) in [5.74, 6) is -15.7. The normalized spacial score (nSPS) is 14.0. The van der Waals surface area contributed by atoms with Gasteiger partial charge < -0.3 is 29.5 Å². The number of esters is 1. The Hall–Kier alpha value is -2.64. The molecule has 9 nitrogen and oxygen atoms in total. The van der Waals surface area contributed by atoms with E-state index in [1.165, 1.54) is 13.6 Å². The van der Waals surface area contributed by atoms with Crippen molar-refractivity contribution in [1.29, 1.82) is 0 Å². The van der Waals surface area contributed by atoms with Crippen LogP contribution in [-0.4, -0.2) is 66.5 Å². The number of carbonyl (C=O) groups excluding carboxylic acids is 2. The number of hydrogen-bond donors (Lipinski definition) is 3. The first-order valence-corrected chi connectivity index (χ1v) is 12.4. The van der Waals surface area contributed by atoms with Gasteiger partial charge in [-0.05, 0) is 19.5 Å². The molecule has 3 N–H and O–H groups in total. The Balaban J connectivity index is 0. The van der Waals surface area contributed by atoms with Gasteiger partial charge in [0.2, 0.25) is 34.8 Å². The molecular weight excluding hydrogens is 553 g/mol. The maximum absolute atomic E-state index is 13.5. The van der Waals surface area contributed by atoms with Crippen LogP contribution in [0.25, 0.3) is 0 Å². The van der Waals surface area contributed by atoms with Crippen LogP contribution in [0.3, 0.4) is 0 Å². The molecule has 16 heteroatoms. The molecule has 0 saturated carbocycles. The lowest BCUT2D eigenvalue weighted by Gasteiger charge is -2.32. The molecule has 0 bridgehead atoms. The standard InChI is InChI=1S/C13H9F5O5.C6H12O4.C2H6.CH4FP/c1-2-13(3-21-12(20)22-4-13)11(19)23-10-8(17)6(15)5(14)7(16)9(10)18;1-2-6(3-7,4-8)5(9)10;1-2;1-3-2/h2-4H2,1H3;7-8H,2-4H2,1H3,(H,9,10);1-2H3;3H,1H3. The largest absolute Gasteiger partial charge is 0.508 e. The van der Waals surface area contributed by atoms with E-state index in [9.17, 15) is 40.5 Å². The molecule has 0 amide bonds. The third-order valence-corrected chi connectivity index (χ3v) is 5.14. The Morgan fingerprint density at radius 1 is 0.947 bits per heavy atom. The lowest BCUT2D eigenvalue weighted by molar-refractivity contribution is -0.159. The number of ether oxygens (including phenoxy) is 3. The molecule has 0 radical (unpaired) electrons. The van der Waals surface area contributed by atoms with Gasteiger partial charge in [-0.1, -0.05) is 27.7 Å². The van der Waals surface area contributed by atoms with E-state index in [1.54, 1.807) is 6.92 Å². The molecule has 1 unspecified atom stereocenters. The van der Waals surface area contributed by atoms with E-state index in [4.69, 9.17) is 15.3 Å². The zero-order valence-electron chi connectivity index (χ0n) is 21.3. The first-order chi connectivity index (χ1) is 17.8. The third-order valence-electron chi connectivity index (χ3n) is 5.14. The lowest BCUT2D eigenvalue weighted by Crippen LogP contribution is -2.47. The number of carboxylic acids is 1. The average Bonchev–Trinajstić information content (AvgIpc) is 2.92. The van der Waals surface area contributed by atoms with E-state index >= 15 is 0 Å². The highest BCUT2D eigenvalue weighted by molar-refractivity contribution is 7.30. The minimum absolute atomic E-state index is 0.0332. The fourth-order valence-corrected chi connectivity index (χ4v) is 2.38. The molecule has 220 valence electrons. The second-order valence-electron chi connectivity index (χ2n) is 7.19. The average molecular weight is 584 g/mol. The van der Waals surface area contributed by atoms with Crippen molar-refractivity contribution in [2.45, 2.75) is 40.5 Å². The molecule has 1 aliphatic rings. The summed E-state index contributed by atoms with van der Waals surface area (Å²) in [6.45, 7) is 6.49. The predicted octanol–water partition coefficient (Wildman–Crippen LogP) is 4.51. The molecule has 1 heterocycles. The quantitative estimate of drug-likeness (QED) is 0.106. The highest BCUT2D eigenvalue weighted by Crippen LogP contribution is 2.34. The lowest BCUT2D eigenvalue weighted by atomic mass is 9.86. The Morgan fingerprint density at radius 2 is 1.32 bits per heavy atom. The highest BCUT2D eigenvalue weighted by atomic mass is 31.1. The van der Waals surface area contributed by atoms with Crippen LogP contribution in [0.4, 0.5) is 30.9 Å². The van der Waals surface area contributed by atoms with Gasteiger partial charge in [0.05, 0.1) is 22.1 Å². The zero-order valence-corrected chi connectivity index (χ0v) is 22.3. The van der Waals surface area contributed by atoms with Crippen LogP contribution >= 0.6 is 8.89 Å². The fraction of sp³-hybridized carbons (Fsp3) is 0.591. The maximum Gasteiger partial charge on any atom is 0.508 e. The van der Waals surface area contributed by atoms with Crippen molar-refractivity contribution in [3.8, 4) is 5.75 Å². The van der Waals surface area contributed by atoms with E-state index in [-0.39, 0.29) is 12.8 Å². The van der Waals surface area contributed by atoms with Gasteiger partial charge in [0.1, 0.15) is 24.0 Å². The molecule has 0 spiro atoms. The number of carboxylic acid groups (broad SMARTS) is 1. The zero-order chi connectivity index (χ0) is 30.3. The number of hydrogen-bond acceptors (Lipinski definition) is 8. The van der Waals surface area contributed by atoms with Crippen molar-refractivity contribution in [3.63, 3.8) is 0 Å². The molecule has 1 aromatic carbocycles. The number of benzene rings is 1. The number of carbonyl (C=O) groups is 3. The van der Waals surface area contributed by atoms with Crippen molar-refractivity contribution in [2.24, 2.45) is 10.8 Å². The van der Waals surface area contributed by atoms with Crippen molar-refractivity contribution >= 4 is 27.0 Å². The van der Waals surface area contributed by atoms with Gasteiger partial charge in [-0.25, -0.2) is 22.2 Å². The number of rotatable bonds is 7. The van der Waals surface area contributed by atoms with Gasteiger partial charge in [0.25, 0.3) is 0 Å². The smallest absolute Gasteiger partial charge is 0.481 e. The predicted molar refractivity (Wildman–Crippen MR) is 123 cm³/mol. The molecule has 1 aliphatic heterocycles. The summed E-state index contributed by atoms with van der Waals surface area (Å²) >= 11 is 0. The molecule has 2 rings (SSSR count). The van der Waals surface area contributed by atoms with Crippen molar-refractivity contribution in [2.75, 3.05) is 33.1 Å². The second kappa shape index (κ2) is 17.8. The monoisotopic (exact) mass is 584 g/mol. The SMILES string of the molecule is CC.CCC(CO)(CO)C(=O)O.CCC1(C(=O)Oc2c(F)c(F)c(F)c(F)c2F)COC(=O)OC1.CPF. The Labute approximate surface area is 217 Å². The van der Waals surface area contributed by atoms with Gasteiger partial charge in [-0.2, -0.15) is 8.78 Å². The maximum atomic E-state index is 13.5. The van der Waals surface area contributed by atoms with Gasteiger partial charge in [-0.3, -0.25) is 9.59 Å². The summed E-state index contributed by atoms with van der Waals surface area (Å²) in [5, 5.41) is 25.7. The molecule has 38 heavy (non-hydrogen) atoms. The van der Waals surface area contributed by atoms with Gasteiger partial charge >= 0.3 is 18.1 Å². The fourth-order valence-electron chi connectivity index (χ4n) is 2.38. The van der Waals surface area contributed by atoms with E-state index in [2.05, 4.69) is 14.2 Å². The van der Waals surface area contributed by atoms with Crippen molar-refractivity contribution in [1.82, 2.24) is 0 Å². The summed E-state index contributed by atoms with van der Waals surface area (Å²) in [6, 6.07) is 0. The summed E-state index contributed by atoms with van der Waals surface area (Å²) in [6.07, 6.45) is -0.859. The summed E-state index contributed by atoms with van der Waals surface area (Å²) in [5.41, 5.74) is -2.96. The van der Waals surface area contributed by atoms with Crippen LogP contribution in [0.1, 0.15) is 40.5 Å². The van der Waals surface area contributed by atoms with Crippen LogP contribution in [-0.2, 0) is 19.1 Å². The van der Waals surface area contributed by atoms with E-state index in [1.807, 2.05) is 13.8 Å². The summed E-state index contributed by atoms with van der Waals surface area (Å²) < 4.78 is 89.8. The van der Waals surface area contributed by atoms with Crippen LogP contribution in [0, 0.1) is 39.9 Å². The van der Waals surface area contributed by atoms with Crippen molar-refractivity contribution < 1.29 is 70.1 Å². The molecule has 1 aromatic rings. The Bertz CT molecular complexity index is 882. The Morgan fingerprint density at radius 3 is 1.58 bits per heavy atom. The van der Waals surface area contributed by atoms with Crippen molar-refractivity contribution in [3.05, 3.63) is 29.1 Å². The molecule has 1 fully saturated rings. The number of halogens is 6. The topological polar surface area (TPSA) is 140 Å². The second-order valence-corrected chi connectivity index (χ2v) is 7.57. The molecule has 0 aliphatic carbocycles. The number of cyclic esters (lactones) is 2. The van der Waals surface area contributed by atoms with Crippen LogP contribution in [0.5, 0.6) is 5.75 Å². The van der Waals surface area contributed by atoms with E-state index in [0.717, 1.165) is 0 Å². The Kier molecular flexibility index (Phi) is 17.6. The molecule has 1 saturated heterocycles. The first kappa shape index (κ1) is 37.5. The van der Waals surface area contributed by atoms with E-state index < -0.39 is 99.1 Å². The van der Waals surface area contributed by atoms with Crippen LogP contribution < -0.4 is 4.74 Å². The van der Waals surface area contributed by atoms with Gasteiger partial charge in [0, 0.05) is 0 Å². The first-order valence-electron chi connectivity index (χ1n) is 11.0. The summed E-state index contributed by atoms with van der Waals surface area (Å²) in [4.78, 5) is 33.3. The number of aliphatic hydroxyl groups excluding tert-OH is 2. The number of aliphatic hydroxyl groups is 2. The third kappa shape index (κ3) is 9.28. The minimum Gasteiger partial charge on any atom is -0.481 e. The molecular formula is C22H31F6O9P. The number of aliphatic carboxylic acids is 1. The van der Waals surface area contributed by atoms with E-state index in [0.29, 0.717) is 0 Å². The van der Waals surface area contributed by atoms with Crippen LogP contribution in [0.15, 0.2) is 0 Å².